The van der Waals surface area contributed by atoms with Gasteiger partial charge in [-0.25, -0.2) is 8.42 Å². The topological polar surface area (TPSA) is 107 Å². The number of anilines is 1. The van der Waals surface area contributed by atoms with Gasteiger partial charge in [-0.2, -0.15) is 0 Å². The van der Waals surface area contributed by atoms with Gasteiger partial charge in [0.15, 0.2) is 4.90 Å². The number of rotatable bonds is 7. The Hall–Kier alpha value is -3.46. The van der Waals surface area contributed by atoms with Gasteiger partial charge in [-0.05, 0) is 31.4 Å². The Bertz CT molecular complexity index is 1200. The minimum absolute atomic E-state index is 0.229. The van der Waals surface area contributed by atoms with Gasteiger partial charge in [0.1, 0.15) is 6.54 Å². The summed E-state index contributed by atoms with van der Waals surface area (Å²) in [5, 5.41) is 12.8. The molecule has 0 heterocycles. The largest absolute Gasteiger partial charge is 0.462 e. The lowest BCUT2D eigenvalue weighted by Gasteiger charge is -2.25. The van der Waals surface area contributed by atoms with Crippen molar-refractivity contribution in [1.82, 2.24) is 0 Å². The Morgan fingerprint density at radius 2 is 1.67 bits per heavy atom. The maximum atomic E-state index is 13.5. The number of nitro groups is 1. The zero-order chi connectivity index (χ0) is 21.9. The molecule has 0 amide bonds. The molecule has 0 fully saturated rings. The van der Waals surface area contributed by atoms with E-state index in [0.29, 0.717) is 5.39 Å². The molecule has 0 atom stereocenters. The molecule has 30 heavy (non-hydrogen) atoms. The summed E-state index contributed by atoms with van der Waals surface area (Å²) in [4.78, 5) is 22.6. The highest BCUT2D eigenvalue weighted by Crippen LogP contribution is 2.33. The van der Waals surface area contributed by atoms with Crippen LogP contribution in [0.15, 0.2) is 71.6 Å². The van der Waals surface area contributed by atoms with Gasteiger partial charge in [-0.3, -0.25) is 19.2 Å². The molecule has 0 aromatic heterocycles. The third kappa shape index (κ3) is 4.25. The van der Waals surface area contributed by atoms with E-state index < -0.39 is 44.1 Å². The van der Waals surface area contributed by atoms with Crippen LogP contribution in [0.4, 0.5) is 11.4 Å². The highest BCUT2D eigenvalue weighted by Gasteiger charge is 2.34. The number of nitro benzene ring substituents is 1. The lowest BCUT2D eigenvalue weighted by molar-refractivity contribution is -0.387. The first-order valence-corrected chi connectivity index (χ1v) is 10.6. The fourth-order valence-electron chi connectivity index (χ4n) is 3.09. The van der Waals surface area contributed by atoms with Crippen LogP contribution in [0.25, 0.3) is 10.8 Å². The number of ether oxygens (including phenoxy) is 1. The van der Waals surface area contributed by atoms with Crippen LogP contribution in [0.5, 0.6) is 0 Å². The minimum Gasteiger partial charge on any atom is -0.462 e. The number of para-hydroxylation sites is 1. The second kappa shape index (κ2) is 8.50. The van der Waals surface area contributed by atoms with Crippen molar-refractivity contribution in [3.63, 3.8) is 0 Å². The SMILES string of the molecule is CC(C)OC(=O)CN(c1cccc2ccccc12)S(=O)(=O)c1ccccc1[N+](=O)[O-]. The summed E-state index contributed by atoms with van der Waals surface area (Å²) >= 11 is 0. The number of hydrogen-bond acceptors (Lipinski definition) is 6. The summed E-state index contributed by atoms with van der Waals surface area (Å²) in [6.45, 7) is 2.67. The molecule has 156 valence electrons. The maximum absolute atomic E-state index is 13.5. The molecule has 3 rings (SSSR count). The van der Waals surface area contributed by atoms with E-state index in [9.17, 15) is 23.3 Å². The Balaban J connectivity index is 2.22. The average Bonchev–Trinajstić information content (AvgIpc) is 2.71. The quantitative estimate of drug-likeness (QED) is 0.321. The second-order valence-electron chi connectivity index (χ2n) is 6.77. The molecular weight excluding hydrogens is 408 g/mol. The van der Waals surface area contributed by atoms with Crippen molar-refractivity contribution in [2.75, 3.05) is 10.8 Å². The summed E-state index contributed by atoms with van der Waals surface area (Å²) in [5.41, 5.74) is -0.341. The molecule has 0 radical (unpaired) electrons. The van der Waals surface area contributed by atoms with Crippen LogP contribution in [0.3, 0.4) is 0 Å². The van der Waals surface area contributed by atoms with Crippen LogP contribution in [0.2, 0.25) is 0 Å². The van der Waals surface area contributed by atoms with Crippen molar-refractivity contribution < 1.29 is 22.9 Å². The van der Waals surface area contributed by atoms with E-state index in [4.69, 9.17) is 4.74 Å². The smallest absolute Gasteiger partial charge is 0.327 e. The maximum Gasteiger partial charge on any atom is 0.327 e. The Kier molecular flexibility index (Phi) is 6.02. The van der Waals surface area contributed by atoms with Gasteiger partial charge in [0.2, 0.25) is 0 Å². The number of carbonyl (C=O) groups excluding carboxylic acids is 1. The molecule has 0 spiro atoms. The molecule has 0 N–H and O–H groups in total. The van der Waals surface area contributed by atoms with E-state index in [0.717, 1.165) is 21.8 Å². The molecule has 9 heteroatoms. The first kappa shape index (κ1) is 21.3. The molecule has 0 bridgehead atoms. The molecule has 0 aliphatic carbocycles. The summed E-state index contributed by atoms with van der Waals surface area (Å²) in [6.07, 6.45) is -0.444. The standard InChI is InChI=1S/C21H20N2O6S/c1-15(2)29-21(24)14-22(18-12-7-9-16-8-3-4-10-17(16)18)30(27,28)20-13-6-5-11-19(20)23(25)26/h3-13,15H,14H2,1-2H3. The number of hydrogen-bond donors (Lipinski definition) is 0. The van der Waals surface area contributed by atoms with Crippen LogP contribution in [-0.2, 0) is 19.6 Å². The molecule has 0 saturated carbocycles. The normalized spacial score (nSPS) is 11.4. The number of fused-ring (bicyclic) bond motifs is 1. The fourth-order valence-corrected chi connectivity index (χ4v) is 4.68. The molecule has 8 nitrogen and oxygen atoms in total. The third-order valence-corrected chi connectivity index (χ3v) is 6.11. The predicted octanol–water partition coefficient (Wildman–Crippen LogP) is 3.89. The fraction of sp³-hybridized carbons (Fsp3) is 0.190. The van der Waals surface area contributed by atoms with Crippen molar-refractivity contribution in [1.29, 1.82) is 0 Å². The van der Waals surface area contributed by atoms with Crippen molar-refractivity contribution in [2.24, 2.45) is 0 Å². The van der Waals surface area contributed by atoms with E-state index in [1.807, 2.05) is 0 Å². The van der Waals surface area contributed by atoms with Crippen LogP contribution >= 0.6 is 0 Å². The lowest BCUT2D eigenvalue weighted by Crippen LogP contribution is -2.37. The molecule has 0 unspecified atom stereocenters. The lowest BCUT2D eigenvalue weighted by atomic mass is 10.1. The first-order chi connectivity index (χ1) is 14.2. The first-order valence-electron chi connectivity index (χ1n) is 9.15. The molecular formula is C21H20N2O6S. The van der Waals surface area contributed by atoms with Crippen LogP contribution in [0, 0.1) is 10.1 Å². The van der Waals surface area contributed by atoms with E-state index in [2.05, 4.69) is 0 Å². The van der Waals surface area contributed by atoms with Crippen molar-refractivity contribution in [3.05, 3.63) is 76.8 Å². The third-order valence-electron chi connectivity index (χ3n) is 4.31. The highest BCUT2D eigenvalue weighted by atomic mass is 32.2. The highest BCUT2D eigenvalue weighted by molar-refractivity contribution is 7.93. The van der Waals surface area contributed by atoms with Gasteiger partial charge in [0.25, 0.3) is 15.7 Å². The molecule has 0 saturated heterocycles. The second-order valence-corrected chi connectivity index (χ2v) is 8.60. The van der Waals surface area contributed by atoms with Crippen molar-refractivity contribution in [3.8, 4) is 0 Å². The van der Waals surface area contributed by atoms with Crippen LogP contribution in [0.1, 0.15) is 13.8 Å². The Labute approximate surface area is 173 Å². The summed E-state index contributed by atoms with van der Waals surface area (Å²) < 4.78 is 33.1. The molecule has 3 aromatic carbocycles. The van der Waals surface area contributed by atoms with Crippen LogP contribution < -0.4 is 4.31 Å². The Morgan fingerprint density at radius 3 is 2.37 bits per heavy atom. The molecule has 3 aromatic rings. The average molecular weight is 428 g/mol. The van der Waals surface area contributed by atoms with Gasteiger partial charge in [0.05, 0.1) is 16.7 Å². The summed E-state index contributed by atoms with van der Waals surface area (Å²) in [7, 11) is -4.46. The van der Waals surface area contributed by atoms with E-state index in [1.165, 1.54) is 12.1 Å². The van der Waals surface area contributed by atoms with Crippen LogP contribution in [-0.4, -0.2) is 32.0 Å². The number of nitrogens with zero attached hydrogens (tertiary/aromatic N) is 2. The summed E-state index contributed by atoms with van der Waals surface area (Å²) in [6, 6.07) is 17.1. The number of esters is 1. The number of carbonyl (C=O) groups is 1. The van der Waals surface area contributed by atoms with Gasteiger partial charge in [-0.1, -0.05) is 48.5 Å². The monoisotopic (exact) mass is 428 g/mol. The van der Waals surface area contributed by atoms with Gasteiger partial charge in [-0.15, -0.1) is 0 Å². The van der Waals surface area contributed by atoms with Gasteiger partial charge >= 0.3 is 5.97 Å². The van der Waals surface area contributed by atoms with Crippen molar-refractivity contribution in [2.45, 2.75) is 24.8 Å². The molecule has 0 aliphatic heterocycles. The minimum atomic E-state index is -4.46. The summed E-state index contributed by atoms with van der Waals surface area (Å²) in [5.74, 6) is -0.764. The van der Waals surface area contributed by atoms with E-state index >= 15 is 0 Å². The van der Waals surface area contributed by atoms with Gasteiger partial charge in [0, 0.05) is 11.5 Å². The zero-order valence-corrected chi connectivity index (χ0v) is 17.2. The predicted molar refractivity (Wildman–Crippen MR) is 113 cm³/mol. The Morgan fingerprint density at radius 1 is 1.03 bits per heavy atom. The van der Waals surface area contributed by atoms with E-state index in [1.54, 1.807) is 56.3 Å². The zero-order valence-electron chi connectivity index (χ0n) is 16.4. The molecule has 0 aliphatic rings. The number of benzene rings is 3. The van der Waals surface area contributed by atoms with Crippen molar-refractivity contribution >= 4 is 38.1 Å². The van der Waals surface area contributed by atoms with E-state index in [-0.39, 0.29) is 5.69 Å². The van der Waals surface area contributed by atoms with Gasteiger partial charge < -0.3 is 4.74 Å². The number of sulfonamides is 1.